The molecule has 1 aliphatic rings. The van der Waals surface area contributed by atoms with Gasteiger partial charge in [-0.1, -0.05) is 35.9 Å². The molecule has 2 aromatic rings. The number of anilines is 1. The molecule has 0 aromatic heterocycles. The van der Waals surface area contributed by atoms with Gasteiger partial charge in [0.2, 0.25) is 5.91 Å². The van der Waals surface area contributed by atoms with Crippen LogP contribution in [0, 0.1) is 11.8 Å². The van der Waals surface area contributed by atoms with Gasteiger partial charge in [0, 0.05) is 37.3 Å². The fourth-order valence-corrected chi connectivity index (χ4v) is 4.46. The van der Waals surface area contributed by atoms with Crippen molar-refractivity contribution in [1.29, 1.82) is 0 Å². The summed E-state index contributed by atoms with van der Waals surface area (Å²) < 4.78 is 0. The van der Waals surface area contributed by atoms with E-state index in [4.69, 9.17) is 17.3 Å². The summed E-state index contributed by atoms with van der Waals surface area (Å²) >= 11 is 6.21. The van der Waals surface area contributed by atoms with Crippen molar-refractivity contribution >= 4 is 23.2 Å². The molecule has 1 aliphatic carbocycles. The Balaban J connectivity index is 1.67. The number of nitrogens with one attached hydrogen (secondary N) is 1. The molecule has 0 saturated heterocycles. The molecule has 0 aliphatic heterocycles. The van der Waals surface area contributed by atoms with Gasteiger partial charge < -0.3 is 11.1 Å². The van der Waals surface area contributed by atoms with Crippen molar-refractivity contribution in [1.82, 2.24) is 4.90 Å². The van der Waals surface area contributed by atoms with Crippen LogP contribution in [0.1, 0.15) is 43.7 Å². The highest BCUT2D eigenvalue weighted by atomic mass is 35.5. The summed E-state index contributed by atoms with van der Waals surface area (Å²) in [4.78, 5) is 13.8. The summed E-state index contributed by atoms with van der Waals surface area (Å²) in [5.74, 6) is 1.37. The van der Waals surface area contributed by atoms with Crippen LogP contribution < -0.4 is 11.1 Å². The van der Waals surface area contributed by atoms with Crippen LogP contribution in [0.25, 0.3) is 0 Å². The number of hydrogen-bond acceptors (Lipinski definition) is 3. The SMILES string of the molecule is CC(=O)Nc1ccc(CN(Cc2cccc(Cl)c2)CC2CCC(CN)CC2)cc1. The number of carbonyl (C=O) groups excluding carboxylic acids is 1. The van der Waals surface area contributed by atoms with Gasteiger partial charge in [-0.05, 0) is 79.5 Å². The van der Waals surface area contributed by atoms with Crippen LogP contribution in [-0.4, -0.2) is 23.9 Å². The molecular formula is C24H32ClN3O. The monoisotopic (exact) mass is 413 g/mol. The molecule has 0 heterocycles. The summed E-state index contributed by atoms with van der Waals surface area (Å²) in [5.41, 5.74) is 9.18. The number of hydrogen-bond donors (Lipinski definition) is 2. The van der Waals surface area contributed by atoms with Gasteiger partial charge >= 0.3 is 0 Å². The quantitative estimate of drug-likeness (QED) is 0.635. The first-order valence-electron chi connectivity index (χ1n) is 10.5. The maximum Gasteiger partial charge on any atom is 0.221 e. The number of carbonyl (C=O) groups is 1. The first-order chi connectivity index (χ1) is 14.0. The van der Waals surface area contributed by atoms with Gasteiger partial charge in [0.05, 0.1) is 0 Å². The number of benzene rings is 2. The summed E-state index contributed by atoms with van der Waals surface area (Å²) in [5, 5.41) is 3.61. The van der Waals surface area contributed by atoms with Crippen molar-refractivity contribution < 1.29 is 4.79 Å². The van der Waals surface area contributed by atoms with Crippen LogP contribution in [0.15, 0.2) is 48.5 Å². The molecule has 1 fully saturated rings. The first kappa shape index (κ1) is 21.8. The van der Waals surface area contributed by atoms with Gasteiger partial charge in [-0.25, -0.2) is 0 Å². The van der Waals surface area contributed by atoms with E-state index in [1.54, 1.807) is 0 Å². The van der Waals surface area contributed by atoms with E-state index in [-0.39, 0.29) is 5.91 Å². The molecule has 0 bridgehead atoms. The third kappa shape index (κ3) is 7.14. The Morgan fingerprint density at radius 3 is 2.31 bits per heavy atom. The minimum absolute atomic E-state index is 0.0478. The largest absolute Gasteiger partial charge is 0.330 e. The number of halogens is 1. The Bertz CT molecular complexity index is 785. The van der Waals surface area contributed by atoms with E-state index in [1.165, 1.54) is 43.7 Å². The maximum absolute atomic E-state index is 11.2. The Kier molecular flexibility index (Phi) is 8.10. The lowest BCUT2D eigenvalue weighted by molar-refractivity contribution is -0.114. The van der Waals surface area contributed by atoms with Crippen molar-refractivity contribution in [3.05, 3.63) is 64.7 Å². The fourth-order valence-electron chi connectivity index (χ4n) is 4.25. The van der Waals surface area contributed by atoms with Gasteiger partial charge in [0.15, 0.2) is 0 Å². The highest BCUT2D eigenvalue weighted by Crippen LogP contribution is 2.29. The van der Waals surface area contributed by atoms with Gasteiger partial charge in [-0.2, -0.15) is 0 Å². The first-order valence-corrected chi connectivity index (χ1v) is 10.9. The summed E-state index contributed by atoms with van der Waals surface area (Å²) in [7, 11) is 0. The van der Waals surface area contributed by atoms with Crippen LogP contribution in [0.4, 0.5) is 5.69 Å². The zero-order chi connectivity index (χ0) is 20.6. The van der Waals surface area contributed by atoms with Crippen LogP contribution in [0.5, 0.6) is 0 Å². The van der Waals surface area contributed by atoms with Gasteiger partial charge in [-0.15, -0.1) is 0 Å². The van der Waals surface area contributed by atoms with Crippen molar-refractivity contribution in [3.63, 3.8) is 0 Å². The zero-order valence-corrected chi connectivity index (χ0v) is 18.0. The van der Waals surface area contributed by atoms with Crippen molar-refractivity contribution in [2.24, 2.45) is 17.6 Å². The zero-order valence-electron chi connectivity index (χ0n) is 17.2. The molecule has 3 rings (SSSR count). The van der Waals surface area contributed by atoms with E-state index < -0.39 is 0 Å². The molecule has 4 nitrogen and oxygen atoms in total. The third-order valence-corrected chi connectivity index (χ3v) is 6.03. The Labute approximate surface area is 179 Å². The van der Waals surface area contributed by atoms with Gasteiger partial charge in [0.25, 0.3) is 0 Å². The number of rotatable bonds is 8. The van der Waals surface area contributed by atoms with Crippen molar-refractivity contribution in [2.75, 3.05) is 18.4 Å². The molecule has 0 radical (unpaired) electrons. The van der Waals surface area contributed by atoms with E-state index in [9.17, 15) is 4.79 Å². The fraction of sp³-hybridized carbons (Fsp3) is 0.458. The standard InChI is InChI=1S/C24H32ClN3O/c1-18(29)27-24-11-9-21(10-12-24)16-28(17-22-3-2-4-23(25)13-22)15-20-7-5-19(14-26)6-8-20/h2-4,9-13,19-20H,5-8,14-17,26H2,1H3,(H,27,29). The van der Waals surface area contributed by atoms with Crippen LogP contribution in [0.2, 0.25) is 5.02 Å². The van der Waals surface area contributed by atoms with E-state index in [0.29, 0.717) is 5.92 Å². The lowest BCUT2D eigenvalue weighted by atomic mass is 9.82. The molecule has 5 heteroatoms. The number of nitrogens with two attached hydrogens (primary N) is 1. The molecule has 2 aromatic carbocycles. The molecule has 0 unspecified atom stereocenters. The second kappa shape index (κ2) is 10.8. The number of nitrogens with zero attached hydrogens (tertiary/aromatic N) is 1. The third-order valence-electron chi connectivity index (χ3n) is 5.79. The molecule has 0 atom stereocenters. The molecular weight excluding hydrogens is 382 g/mol. The average molecular weight is 414 g/mol. The molecule has 1 amide bonds. The molecule has 1 saturated carbocycles. The van der Waals surface area contributed by atoms with Crippen LogP contribution in [-0.2, 0) is 17.9 Å². The highest BCUT2D eigenvalue weighted by molar-refractivity contribution is 6.30. The van der Waals surface area contributed by atoms with E-state index in [1.807, 2.05) is 24.3 Å². The molecule has 156 valence electrons. The minimum atomic E-state index is -0.0478. The lowest BCUT2D eigenvalue weighted by Crippen LogP contribution is -2.32. The van der Waals surface area contributed by atoms with Crippen LogP contribution >= 0.6 is 11.6 Å². The van der Waals surface area contributed by atoms with Gasteiger partial charge in [0.1, 0.15) is 0 Å². The molecule has 0 spiro atoms. The second-order valence-corrected chi connectivity index (χ2v) is 8.74. The van der Waals surface area contributed by atoms with E-state index in [0.717, 1.165) is 42.8 Å². The minimum Gasteiger partial charge on any atom is -0.330 e. The van der Waals surface area contributed by atoms with Crippen molar-refractivity contribution in [2.45, 2.75) is 45.7 Å². The highest BCUT2D eigenvalue weighted by Gasteiger charge is 2.22. The Hall–Kier alpha value is -1.88. The van der Waals surface area contributed by atoms with Crippen LogP contribution in [0.3, 0.4) is 0 Å². The normalized spacial score (nSPS) is 19.3. The van der Waals surface area contributed by atoms with E-state index >= 15 is 0 Å². The van der Waals surface area contributed by atoms with Crippen molar-refractivity contribution in [3.8, 4) is 0 Å². The predicted molar refractivity (Wildman–Crippen MR) is 121 cm³/mol. The summed E-state index contributed by atoms with van der Waals surface area (Å²) in [6, 6.07) is 16.3. The molecule has 29 heavy (non-hydrogen) atoms. The van der Waals surface area contributed by atoms with E-state index in [2.05, 4.69) is 34.5 Å². The Morgan fingerprint density at radius 1 is 1.03 bits per heavy atom. The molecule has 3 N–H and O–H groups in total. The topological polar surface area (TPSA) is 58.4 Å². The maximum atomic E-state index is 11.2. The number of amides is 1. The summed E-state index contributed by atoms with van der Waals surface area (Å²) in [6.07, 6.45) is 5.01. The average Bonchev–Trinajstić information content (AvgIpc) is 2.70. The Morgan fingerprint density at radius 2 is 1.69 bits per heavy atom. The smallest absolute Gasteiger partial charge is 0.221 e. The predicted octanol–water partition coefficient (Wildman–Crippen LogP) is 5.07. The van der Waals surface area contributed by atoms with Gasteiger partial charge in [-0.3, -0.25) is 9.69 Å². The lowest BCUT2D eigenvalue weighted by Gasteiger charge is -2.32. The second-order valence-electron chi connectivity index (χ2n) is 8.30. The summed E-state index contributed by atoms with van der Waals surface area (Å²) in [6.45, 7) is 5.19.